The van der Waals surface area contributed by atoms with Crippen molar-refractivity contribution in [2.45, 2.75) is 19.9 Å². The van der Waals surface area contributed by atoms with Crippen LogP contribution in [-0.4, -0.2) is 29.3 Å². The van der Waals surface area contributed by atoms with Crippen molar-refractivity contribution >= 4 is 23.8 Å². The van der Waals surface area contributed by atoms with Crippen LogP contribution in [0.2, 0.25) is 5.02 Å². The Hall–Kier alpha value is -1.82. The van der Waals surface area contributed by atoms with Crippen LogP contribution in [0.4, 0.5) is 5.95 Å². The predicted molar refractivity (Wildman–Crippen MR) is 72.4 cm³/mol. The smallest absolute Gasteiger partial charge is 0.237 e. The van der Waals surface area contributed by atoms with Crippen LogP contribution in [0.1, 0.15) is 13.8 Å². The van der Waals surface area contributed by atoms with Gasteiger partial charge in [0.1, 0.15) is 10.8 Å². The number of anilines is 1. The molecule has 0 radical (unpaired) electrons. The van der Waals surface area contributed by atoms with Crippen molar-refractivity contribution in [3.05, 3.63) is 23.1 Å². The third-order valence-electron chi connectivity index (χ3n) is 1.85. The van der Waals surface area contributed by atoms with E-state index in [1.165, 1.54) is 19.5 Å². The summed E-state index contributed by atoms with van der Waals surface area (Å²) in [5, 5.41) is 13.5. The first-order chi connectivity index (χ1) is 8.56. The summed E-state index contributed by atoms with van der Waals surface area (Å²) in [7, 11) is 1.48. The Morgan fingerprint density at radius 1 is 1.56 bits per heavy atom. The van der Waals surface area contributed by atoms with Gasteiger partial charge in [0.2, 0.25) is 11.8 Å². The molecule has 3 N–H and O–H groups in total. The van der Waals surface area contributed by atoms with Gasteiger partial charge in [-0.1, -0.05) is 11.6 Å². The molecule has 18 heavy (non-hydrogen) atoms. The fraction of sp³-hybridized carbons (Fsp3) is 0.364. The van der Waals surface area contributed by atoms with E-state index in [1.54, 1.807) is 6.08 Å². The third-order valence-corrected chi connectivity index (χ3v) is 2.11. The lowest BCUT2D eigenvalue weighted by Gasteiger charge is -2.15. The van der Waals surface area contributed by atoms with E-state index in [4.69, 9.17) is 21.7 Å². The van der Waals surface area contributed by atoms with Crippen LogP contribution >= 0.6 is 11.6 Å². The highest BCUT2D eigenvalue weighted by molar-refractivity contribution is 6.31. The minimum absolute atomic E-state index is 0.220. The van der Waals surface area contributed by atoms with Crippen molar-refractivity contribution in [1.82, 2.24) is 15.3 Å². The summed E-state index contributed by atoms with van der Waals surface area (Å²) in [6.07, 6.45) is 4.20. The molecule has 1 rings (SSSR count). The van der Waals surface area contributed by atoms with Gasteiger partial charge in [-0.25, -0.2) is 4.98 Å². The molecular formula is C11H16ClN5O. The quantitative estimate of drug-likeness (QED) is 0.689. The maximum Gasteiger partial charge on any atom is 0.237 e. The van der Waals surface area contributed by atoms with Crippen molar-refractivity contribution in [3.63, 3.8) is 0 Å². The van der Waals surface area contributed by atoms with Gasteiger partial charge in [-0.15, -0.1) is 0 Å². The Morgan fingerprint density at radius 2 is 2.28 bits per heavy atom. The van der Waals surface area contributed by atoms with Gasteiger partial charge in [-0.2, -0.15) is 4.98 Å². The Labute approximate surface area is 111 Å². The molecule has 0 aliphatic rings. The number of rotatable bonds is 6. The Morgan fingerprint density at radius 3 is 2.83 bits per heavy atom. The van der Waals surface area contributed by atoms with Crippen LogP contribution in [0.15, 0.2) is 18.1 Å². The van der Waals surface area contributed by atoms with Gasteiger partial charge in [-0.05, 0) is 19.9 Å². The fourth-order valence-electron chi connectivity index (χ4n) is 1.20. The second-order valence-electron chi connectivity index (χ2n) is 3.72. The molecule has 98 valence electrons. The van der Waals surface area contributed by atoms with E-state index in [1.807, 2.05) is 13.8 Å². The Balaban J connectivity index is 2.87. The molecule has 0 bridgehead atoms. The monoisotopic (exact) mass is 269 g/mol. The molecule has 0 aliphatic heterocycles. The molecule has 7 heteroatoms. The topological polar surface area (TPSA) is 82.9 Å². The summed E-state index contributed by atoms with van der Waals surface area (Å²) < 4.78 is 5.00. The summed E-state index contributed by atoms with van der Waals surface area (Å²) in [6, 6.07) is 0.220. The molecule has 0 unspecified atom stereocenters. The van der Waals surface area contributed by atoms with E-state index >= 15 is 0 Å². The zero-order valence-electron chi connectivity index (χ0n) is 10.5. The van der Waals surface area contributed by atoms with E-state index in [2.05, 4.69) is 20.6 Å². The predicted octanol–water partition coefficient (Wildman–Crippen LogP) is 2.04. The summed E-state index contributed by atoms with van der Waals surface area (Å²) in [4.78, 5) is 8.11. The van der Waals surface area contributed by atoms with E-state index in [0.29, 0.717) is 22.7 Å². The van der Waals surface area contributed by atoms with Crippen molar-refractivity contribution in [3.8, 4) is 5.88 Å². The number of nitrogens with zero attached hydrogens (tertiary/aromatic N) is 2. The van der Waals surface area contributed by atoms with E-state index < -0.39 is 0 Å². The van der Waals surface area contributed by atoms with E-state index in [-0.39, 0.29) is 6.04 Å². The van der Waals surface area contributed by atoms with Gasteiger partial charge >= 0.3 is 0 Å². The molecule has 1 aromatic rings. The van der Waals surface area contributed by atoms with Crippen LogP contribution in [0, 0.1) is 5.41 Å². The first-order valence-electron chi connectivity index (χ1n) is 5.37. The normalized spacial score (nSPS) is 11.3. The summed E-state index contributed by atoms with van der Waals surface area (Å²) in [6.45, 7) is 3.98. The minimum Gasteiger partial charge on any atom is -0.480 e. The number of hydrogen-bond donors (Lipinski definition) is 3. The van der Waals surface area contributed by atoms with E-state index in [9.17, 15) is 0 Å². The van der Waals surface area contributed by atoms with Gasteiger partial charge in [0, 0.05) is 12.3 Å². The van der Waals surface area contributed by atoms with Gasteiger partial charge in [0.25, 0.3) is 0 Å². The minimum atomic E-state index is 0.220. The second-order valence-corrected chi connectivity index (χ2v) is 4.13. The Bertz CT molecular complexity index is 447. The van der Waals surface area contributed by atoms with Crippen LogP contribution in [0.25, 0.3) is 0 Å². The van der Waals surface area contributed by atoms with Crippen molar-refractivity contribution in [2.75, 3.05) is 12.4 Å². The molecule has 6 nitrogen and oxygen atoms in total. The largest absolute Gasteiger partial charge is 0.480 e. The second kappa shape index (κ2) is 6.80. The number of nitrogens with one attached hydrogen (secondary N) is 3. The molecule has 0 aliphatic carbocycles. The third kappa shape index (κ3) is 4.21. The first kappa shape index (κ1) is 14.2. The number of halogens is 1. The molecule has 0 atom stereocenters. The van der Waals surface area contributed by atoms with Crippen molar-refractivity contribution in [1.29, 1.82) is 5.41 Å². The molecule has 0 spiro atoms. The molecular weight excluding hydrogens is 254 g/mol. The highest BCUT2D eigenvalue weighted by atomic mass is 35.5. The van der Waals surface area contributed by atoms with Gasteiger partial charge in [0.05, 0.1) is 13.3 Å². The van der Waals surface area contributed by atoms with Gasteiger partial charge < -0.3 is 20.8 Å². The number of hydrogen-bond acceptors (Lipinski definition) is 6. The lowest BCUT2D eigenvalue weighted by atomic mass is 10.4. The molecule has 1 aromatic heterocycles. The molecule has 0 saturated heterocycles. The average molecular weight is 270 g/mol. The SMILES string of the molecule is COc1nc(N/C(=C/C=N)NC(C)C)ncc1Cl. The number of aromatic nitrogens is 2. The van der Waals surface area contributed by atoms with Crippen LogP contribution in [0.3, 0.4) is 0 Å². The number of allylic oxidation sites excluding steroid dienone is 1. The zero-order valence-corrected chi connectivity index (χ0v) is 11.2. The van der Waals surface area contributed by atoms with Crippen LogP contribution < -0.4 is 15.4 Å². The number of methoxy groups -OCH3 is 1. The summed E-state index contributed by atoms with van der Waals surface area (Å²) in [5.74, 6) is 1.27. The zero-order chi connectivity index (χ0) is 13.5. The standard InChI is InChI=1S/C11H16ClN5O/c1-7(2)15-9(4-5-13)16-11-14-6-8(12)10(17-11)18-3/h4-7,13,15H,1-3H3,(H,14,16,17)/b9-4+,13-5?. The molecule has 1 heterocycles. The lowest BCUT2D eigenvalue weighted by molar-refractivity contribution is 0.398. The maximum atomic E-state index is 7.09. The Kier molecular flexibility index (Phi) is 5.38. The van der Waals surface area contributed by atoms with E-state index in [0.717, 1.165) is 0 Å². The summed E-state index contributed by atoms with van der Waals surface area (Å²) >= 11 is 5.83. The van der Waals surface area contributed by atoms with Gasteiger partial charge in [0.15, 0.2) is 0 Å². The summed E-state index contributed by atoms with van der Waals surface area (Å²) in [5.41, 5.74) is 0. The van der Waals surface area contributed by atoms with Crippen molar-refractivity contribution in [2.24, 2.45) is 0 Å². The lowest BCUT2D eigenvalue weighted by Crippen LogP contribution is -2.27. The highest BCUT2D eigenvalue weighted by Crippen LogP contribution is 2.21. The average Bonchev–Trinajstić information content (AvgIpc) is 2.31. The maximum absolute atomic E-state index is 7.09. The molecule has 0 aromatic carbocycles. The fourth-order valence-corrected chi connectivity index (χ4v) is 1.36. The van der Waals surface area contributed by atoms with Crippen LogP contribution in [-0.2, 0) is 0 Å². The number of ether oxygens (including phenoxy) is 1. The highest BCUT2D eigenvalue weighted by Gasteiger charge is 2.07. The van der Waals surface area contributed by atoms with Crippen molar-refractivity contribution < 1.29 is 4.74 Å². The molecule has 0 amide bonds. The molecule has 0 fully saturated rings. The van der Waals surface area contributed by atoms with Gasteiger partial charge in [-0.3, -0.25) is 0 Å². The van der Waals surface area contributed by atoms with Crippen LogP contribution in [0.5, 0.6) is 5.88 Å². The first-order valence-corrected chi connectivity index (χ1v) is 5.75. The molecule has 0 saturated carbocycles.